The van der Waals surface area contributed by atoms with Gasteiger partial charge in [0.25, 0.3) is 10.0 Å². The van der Waals surface area contributed by atoms with Crippen molar-refractivity contribution in [2.75, 3.05) is 28.8 Å². The lowest BCUT2D eigenvalue weighted by Gasteiger charge is -2.26. The van der Waals surface area contributed by atoms with Crippen LogP contribution in [0.5, 0.6) is 0 Å². The molecular formula is C27H28F3N3O3S. The number of sulfonamides is 1. The monoisotopic (exact) mass is 531 g/mol. The third kappa shape index (κ3) is 6.25. The Labute approximate surface area is 214 Å². The standard InChI is InChI=1S/C27H28F3N3O3S/c1-20(21-12-14-23(15-13-21)32-16-5-6-17-32)31-26(34)19-33(37(35,36)25-10-3-2-4-11-25)24-9-7-8-22(18-24)27(28,29)30/h2-4,7-15,18,20H,5-6,16-17,19H2,1H3,(H,31,34). The molecule has 6 nitrogen and oxygen atoms in total. The van der Waals surface area contributed by atoms with E-state index in [1.807, 2.05) is 24.3 Å². The van der Waals surface area contributed by atoms with Gasteiger partial charge in [-0.05, 0) is 67.8 Å². The van der Waals surface area contributed by atoms with Crippen LogP contribution in [0.3, 0.4) is 0 Å². The zero-order valence-electron chi connectivity index (χ0n) is 20.3. The Morgan fingerprint density at radius 1 is 0.973 bits per heavy atom. The van der Waals surface area contributed by atoms with Crippen molar-refractivity contribution in [1.29, 1.82) is 0 Å². The number of hydrogen-bond donors (Lipinski definition) is 1. The fraction of sp³-hybridized carbons (Fsp3) is 0.296. The number of alkyl halides is 3. The van der Waals surface area contributed by atoms with E-state index < -0.39 is 40.3 Å². The number of rotatable bonds is 8. The number of amides is 1. The molecule has 3 aromatic rings. The summed E-state index contributed by atoms with van der Waals surface area (Å²) in [5, 5.41) is 2.77. The van der Waals surface area contributed by atoms with Crippen molar-refractivity contribution >= 4 is 27.3 Å². The van der Waals surface area contributed by atoms with Gasteiger partial charge in [-0.1, -0.05) is 36.4 Å². The number of nitrogens with one attached hydrogen (secondary N) is 1. The van der Waals surface area contributed by atoms with Crippen molar-refractivity contribution in [1.82, 2.24) is 5.32 Å². The predicted molar refractivity (Wildman–Crippen MR) is 137 cm³/mol. The quantitative estimate of drug-likeness (QED) is 0.424. The van der Waals surface area contributed by atoms with E-state index in [1.54, 1.807) is 13.0 Å². The van der Waals surface area contributed by atoms with Gasteiger partial charge in [-0.15, -0.1) is 0 Å². The van der Waals surface area contributed by atoms with Gasteiger partial charge >= 0.3 is 6.18 Å². The van der Waals surface area contributed by atoms with Crippen LogP contribution in [-0.4, -0.2) is 34.0 Å². The second-order valence-electron chi connectivity index (χ2n) is 8.95. The molecule has 0 aromatic heterocycles. The Bertz CT molecular complexity index is 1320. The maximum atomic E-state index is 13.4. The first-order valence-electron chi connectivity index (χ1n) is 11.9. The van der Waals surface area contributed by atoms with Gasteiger partial charge in [-0.25, -0.2) is 8.42 Å². The third-order valence-corrected chi connectivity index (χ3v) is 8.11. The molecular weight excluding hydrogens is 503 g/mol. The number of benzene rings is 3. The van der Waals surface area contributed by atoms with Crippen molar-refractivity contribution in [3.05, 3.63) is 90.0 Å². The summed E-state index contributed by atoms with van der Waals surface area (Å²) < 4.78 is 67.6. The fourth-order valence-electron chi connectivity index (χ4n) is 4.32. The fourth-order valence-corrected chi connectivity index (χ4v) is 5.76. The van der Waals surface area contributed by atoms with Crippen LogP contribution < -0.4 is 14.5 Å². The molecule has 1 fully saturated rings. The zero-order valence-corrected chi connectivity index (χ0v) is 21.1. The summed E-state index contributed by atoms with van der Waals surface area (Å²) in [6, 6.07) is 18.6. The van der Waals surface area contributed by atoms with Crippen LogP contribution in [0, 0.1) is 0 Å². The maximum Gasteiger partial charge on any atom is 0.416 e. The molecule has 1 unspecified atom stereocenters. The first-order chi connectivity index (χ1) is 17.6. The van der Waals surface area contributed by atoms with Crippen LogP contribution in [0.4, 0.5) is 24.5 Å². The molecule has 0 bridgehead atoms. The molecule has 0 radical (unpaired) electrons. The van der Waals surface area contributed by atoms with Gasteiger partial charge in [0.1, 0.15) is 6.54 Å². The number of halogens is 3. The normalized spacial score (nSPS) is 14.9. The lowest BCUT2D eigenvalue weighted by atomic mass is 10.1. The van der Waals surface area contributed by atoms with Gasteiger partial charge in [0.15, 0.2) is 0 Å². The first-order valence-corrected chi connectivity index (χ1v) is 13.4. The average Bonchev–Trinajstić information content (AvgIpc) is 3.42. The number of anilines is 2. The van der Waals surface area contributed by atoms with E-state index in [4.69, 9.17) is 0 Å². The molecule has 0 saturated carbocycles. The predicted octanol–water partition coefficient (Wildman–Crippen LogP) is 5.38. The molecule has 3 aromatic carbocycles. The molecule has 0 aliphatic carbocycles. The van der Waals surface area contributed by atoms with Gasteiger partial charge in [0.2, 0.25) is 5.91 Å². The summed E-state index contributed by atoms with van der Waals surface area (Å²) in [5.41, 5.74) is 0.666. The molecule has 1 heterocycles. The Kier molecular flexibility index (Phi) is 7.77. The smallest absolute Gasteiger partial charge is 0.372 e. The van der Waals surface area contributed by atoms with E-state index in [-0.39, 0.29) is 10.6 Å². The molecule has 0 spiro atoms. The minimum absolute atomic E-state index is 0.134. The Morgan fingerprint density at radius 3 is 2.24 bits per heavy atom. The molecule has 1 aliphatic heterocycles. The third-order valence-electron chi connectivity index (χ3n) is 6.32. The SMILES string of the molecule is CC(NC(=O)CN(c1cccc(C(F)(F)F)c1)S(=O)(=O)c1ccccc1)c1ccc(N2CCCC2)cc1. The molecule has 1 N–H and O–H groups in total. The van der Waals surface area contributed by atoms with E-state index in [2.05, 4.69) is 10.2 Å². The highest BCUT2D eigenvalue weighted by molar-refractivity contribution is 7.92. The highest BCUT2D eigenvalue weighted by Crippen LogP contribution is 2.33. The van der Waals surface area contributed by atoms with Crippen LogP contribution in [0.1, 0.15) is 36.9 Å². The van der Waals surface area contributed by atoms with Crippen molar-refractivity contribution < 1.29 is 26.4 Å². The van der Waals surface area contributed by atoms with Crippen LogP contribution in [0.15, 0.2) is 83.8 Å². The van der Waals surface area contributed by atoms with Crippen LogP contribution in [0.25, 0.3) is 0 Å². The Balaban J connectivity index is 1.56. The largest absolute Gasteiger partial charge is 0.416 e. The minimum Gasteiger partial charge on any atom is -0.372 e. The van der Waals surface area contributed by atoms with E-state index in [9.17, 15) is 26.4 Å². The number of hydrogen-bond acceptors (Lipinski definition) is 4. The average molecular weight is 532 g/mol. The number of carbonyl (C=O) groups is 1. The van der Waals surface area contributed by atoms with Crippen LogP contribution >= 0.6 is 0 Å². The van der Waals surface area contributed by atoms with Gasteiger partial charge in [-0.3, -0.25) is 9.10 Å². The number of carbonyl (C=O) groups excluding carboxylic acids is 1. The van der Waals surface area contributed by atoms with Crippen molar-refractivity contribution in [2.24, 2.45) is 0 Å². The van der Waals surface area contributed by atoms with Crippen LogP contribution in [0.2, 0.25) is 0 Å². The summed E-state index contributed by atoms with van der Waals surface area (Å²) >= 11 is 0. The number of nitrogens with zero attached hydrogens (tertiary/aromatic N) is 2. The summed E-state index contributed by atoms with van der Waals surface area (Å²) in [7, 11) is -4.33. The van der Waals surface area contributed by atoms with Crippen molar-refractivity contribution in [3.63, 3.8) is 0 Å². The molecule has 1 atom stereocenters. The maximum absolute atomic E-state index is 13.4. The second kappa shape index (κ2) is 10.8. The minimum atomic E-state index is -4.67. The molecule has 1 saturated heterocycles. The molecule has 4 rings (SSSR count). The van der Waals surface area contributed by atoms with Gasteiger partial charge in [0.05, 0.1) is 22.2 Å². The molecule has 196 valence electrons. The van der Waals surface area contributed by atoms with Crippen molar-refractivity contribution in [2.45, 2.75) is 36.9 Å². The van der Waals surface area contributed by atoms with E-state index >= 15 is 0 Å². The highest BCUT2D eigenvalue weighted by Gasteiger charge is 2.33. The Hall–Kier alpha value is -3.53. The summed E-state index contributed by atoms with van der Waals surface area (Å²) in [6.07, 6.45) is -2.36. The first kappa shape index (κ1) is 26.5. The second-order valence-corrected chi connectivity index (χ2v) is 10.8. The van der Waals surface area contributed by atoms with Gasteiger partial charge < -0.3 is 10.2 Å². The van der Waals surface area contributed by atoms with Gasteiger partial charge in [0, 0.05) is 18.8 Å². The lowest BCUT2D eigenvalue weighted by molar-refractivity contribution is -0.137. The summed E-state index contributed by atoms with van der Waals surface area (Å²) in [6.45, 7) is 3.09. The summed E-state index contributed by atoms with van der Waals surface area (Å²) in [5.74, 6) is -0.645. The lowest BCUT2D eigenvalue weighted by Crippen LogP contribution is -2.41. The summed E-state index contributed by atoms with van der Waals surface area (Å²) in [4.78, 5) is 15.2. The van der Waals surface area contributed by atoms with Gasteiger partial charge in [-0.2, -0.15) is 13.2 Å². The Morgan fingerprint density at radius 2 is 1.62 bits per heavy atom. The topological polar surface area (TPSA) is 69.7 Å². The molecule has 10 heteroatoms. The van der Waals surface area contributed by atoms with E-state index in [0.717, 1.165) is 55.4 Å². The van der Waals surface area contributed by atoms with E-state index in [0.29, 0.717) is 4.31 Å². The zero-order chi connectivity index (χ0) is 26.6. The highest BCUT2D eigenvalue weighted by atomic mass is 32.2. The molecule has 37 heavy (non-hydrogen) atoms. The van der Waals surface area contributed by atoms with Crippen molar-refractivity contribution in [3.8, 4) is 0 Å². The molecule has 1 amide bonds. The van der Waals surface area contributed by atoms with Crippen LogP contribution in [-0.2, 0) is 21.0 Å². The molecule has 1 aliphatic rings. The van der Waals surface area contributed by atoms with E-state index in [1.165, 1.54) is 30.3 Å².